The molecule has 128 valence electrons. The van der Waals surface area contributed by atoms with E-state index in [2.05, 4.69) is 27.7 Å². The van der Waals surface area contributed by atoms with E-state index in [1.165, 1.54) is 25.7 Å². The molecule has 1 heterocycles. The van der Waals surface area contributed by atoms with Crippen molar-refractivity contribution >= 4 is 12.6 Å². The van der Waals surface area contributed by atoms with Crippen LogP contribution >= 0.6 is 0 Å². The summed E-state index contributed by atoms with van der Waals surface area (Å²) in [4.78, 5) is 22.2. The third kappa shape index (κ3) is 2.47. The first kappa shape index (κ1) is 16.7. The van der Waals surface area contributed by atoms with Gasteiger partial charge in [-0.05, 0) is 49.4 Å². The summed E-state index contributed by atoms with van der Waals surface area (Å²) < 4.78 is 6.33. The van der Waals surface area contributed by atoms with Crippen LogP contribution in [0.25, 0.3) is 0 Å². The van der Waals surface area contributed by atoms with E-state index in [0.29, 0.717) is 16.9 Å². The van der Waals surface area contributed by atoms with E-state index in [0.717, 1.165) is 37.1 Å². The zero-order valence-electron chi connectivity index (χ0n) is 15.0. The molecular weight excluding hydrogens is 288 g/mol. The van der Waals surface area contributed by atoms with Gasteiger partial charge in [0.05, 0.1) is 0 Å². The van der Waals surface area contributed by atoms with Gasteiger partial charge in [-0.2, -0.15) is 0 Å². The van der Waals surface area contributed by atoms with Gasteiger partial charge in [0.2, 0.25) is 0 Å². The standard InChI is InChI=1S/C20H30O3/c1-18(2)8-5-9-19(3)16(18)6-10-20(4)17(19)12-15(23-20)14(13-22)7-11-21/h11,13,16-17H,5-10,12H2,1-4H3. The molecule has 3 fully saturated rings. The molecule has 1 aliphatic heterocycles. The van der Waals surface area contributed by atoms with E-state index in [1.54, 1.807) is 0 Å². The van der Waals surface area contributed by atoms with Crippen molar-refractivity contribution in [2.75, 3.05) is 0 Å². The molecule has 3 nitrogen and oxygen atoms in total. The van der Waals surface area contributed by atoms with Crippen LogP contribution in [-0.2, 0) is 14.3 Å². The fourth-order valence-electron chi connectivity index (χ4n) is 6.20. The number of hydrogen-bond donors (Lipinski definition) is 0. The number of carbonyl (C=O) groups is 2. The first-order valence-electron chi connectivity index (χ1n) is 9.07. The maximum absolute atomic E-state index is 11.4. The summed E-state index contributed by atoms with van der Waals surface area (Å²) in [7, 11) is 0. The lowest BCUT2D eigenvalue weighted by Gasteiger charge is -2.59. The third-order valence-corrected chi connectivity index (χ3v) is 7.29. The Morgan fingerprint density at radius 2 is 1.87 bits per heavy atom. The molecule has 0 aromatic carbocycles. The second-order valence-corrected chi connectivity index (χ2v) is 9.05. The molecule has 0 aromatic heterocycles. The molecule has 4 atom stereocenters. The van der Waals surface area contributed by atoms with Crippen molar-refractivity contribution in [3.05, 3.63) is 11.3 Å². The topological polar surface area (TPSA) is 43.4 Å². The third-order valence-electron chi connectivity index (χ3n) is 7.29. The average molecular weight is 318 g/mol. The number of carbonyl (C=O) groups excluding carboxylic acids is 2. The average Bonchev–Trinajstić information content (AvgIpc) is 2.82. The lowest BCUT2D eigenvalue weighted by atomic mass is 9.45. The monoisotopic (exact) mass is 318 g/mol. The van der Waals surface area contributed by atoms with Crippen molar-refractivity contribution < 1.29 is 14.3 Å². The first-order chi connectivity index (χ1) is 10.8. The quantitative estimate of drug-likeness (QED) is 0.570. The van der Waals surface area contributed by atoms with Crippen molar-refractivity contribution in [1.29, 1.82) is 0 Å². The van der Waals surface area contributed by atoms with Crippen molar-refractivity contribution in [2.45, 2.75) is 78.2 Å². The van der Waals surface area contributed by atoms with Crippen LogP contribution in [0.3, 0.4) is 0 Å². The van der Waals surface area contributed by atoms with E-state index in [4.69, 9.17) is 4.74 Å². The summed E-state index contributed by atoms with van der Waals surface area (Å²) in [5, 5.41) is 0. The number of aldehydes is 2. The Morgan fingerprint density at radius 1 is 1.13 bits per heavy atom. The highest BCUT2D eigenvalue weighted by Gasteiger charge is 2.61. The Morgan fingerprint density at radius 3 is 2.52 bits per heavy atom. The van der Waals surface area contributed by atoms with Gasteiger partial charge >= 0.3 is 0 Å². The SMILES string of the molecule is CC1(C)CCCC2(C)C1CCC1(C)OC(=C(C=O)CC=O)CC12. The fraction of sp³-hybridized carbons (Fsp3) is 0.800. The minimum atomic E-state index is -0.175. The lowest BCUT2D eigenvalue weighted by Crippen LogP contribution is -2.55. The molecule has 0 amide bonds. The zero-order chi connectivity index (χ0) is 16.9. The van der Waals surface area contributed by atoms with Gasteiger partial charge in [-0.3, -0.25) is 4.79 Å². The minimum Gasteiger partial charge on any atom is -0.491 e. The van der Waals surface area contributed by atoms with Crippen LogP contribution in [0.5, 0.6) is 0 Å². The second-order valence-electron chi connectivity index (χ2n) is 9.05. The molecule has 23 heavy (non-hydrogen) atoms. The van der Waals surface area contributed by atoms with Crippen LogP contribution in [0.15, 0.2) is 11.3 Å². The molecule has 0 aromatic rings. The molecule has 1 saturated heterocycles. The molecule has 0 N–H and O–H groups in total. The summed E-state index contributed by atoms with van der Waals surface area (Å²) in [5.41, 5.74) is 1.03. The molecule has 2 aliphatic carbocycles. The Hall–Kier alpha value is -1.12. The predicted molar refractivity (Wildman–Crippen MR) is 89.8 cm³/mol. The van der Waals surface area contributed by atoms with Gasteiger partial charge in [-0.25, -0.2) is 0 Å². The highest BCUT2D eigenvalue weighted by atomic mass is 16.5. The smallest absolute Gasteiger partial charge is 0.149 e. The van der Waals surface area contributed by atoms with Crippen molar-refractivity contribution in [1.82, 2.24) is 0 Å². The van der Waals surface area contributed by atoms with Gasteiger partial charge in [-0.1, -0.05) is 27.2 Å². The minimum absolute atomic E-state index is 0.174. The lowest BCUT2D eigenvalue weighted by molar-refractivity contribution is -0.142. The Bertz CT molecular complexity index is 547. The Labute approximate surface area is 139 Å². The number of rotatable bonds is 3. The molecular formula is C20H30O3. The van der Waals surface area contributed by atoms with Crippen LogP contribution in [0.2, 0.25) is 0 Å². The highest BCUT2D eigenvalue weighted by Crippen LogP contribution is 2.66. The van der Waals surface area contributed by atoms with Crippen LogP contribution in [0.1, 0.15) is 72.6 Å². The summed E-state index contributed by atoms with van der Waals surface area (Å²) in [5.74, 6) is 1.95. The maximum Gasteiger partial charge on any atom is 0.149 e. The Kier molecular flexibility index (Phi) is 3.97. The predicted octanol–water partition coefficient (Wildman–Crippen LogP) is 4.45. The maximum atomic E-state index is 11.4. The van der Waals surface area contributed by atoms with Gasteiger partial charge < -0.3 is 9.53 Å². The Balaban J connectivity index is 1.98. The van der Waals surface area contributed by atoms with Crippen LogP contribution in [-0.4, -0.2) is 18.2 Å². The molecule has 0 spiro atoms. The number of fused-ring (bicyclic) bond motifs is 3. The molecule has 4 unspecified atom stereocenters. The van der Waals surface area contributed by atoms with Crippen molar-refractivity contribution in [3.63, 3.8) is 0 Å². The van der Waals surface area contributed by atoms with Gasteiger partial charge in [0.1, 0.15) is 23.9 Å². The van der Waals surface area contributed by atoms with E-state index in [9.17, 15) is 9.59 Å². The molecule has 3 aliphatic rings. The molecule has 0 radical (unpaired) electrons. The van der Waals surface area contributed by atoms with Gasteiger partial charge in [-0.15, -0.1) is 0 Å². The largest absolute Gasteiger partial charge is 0.491 e. The van der Waals surface area contributed by atoms with Crippen LogP contribution in [0.4, 0.5) is 0 Å². The van der Waals surface area contributed by atoms with Crippen LogP contribution in [0, 0.1) is 22.7 Å². The fourth-order valence-corrected chi connectivity index (χ4v) is 6.20. The number of hydrogen-bond acceptors (Lipinski definition) is 3. The summed E-state index contributed by atoms with van der Waals surface area (Å²) in [6, 6.07) is 0. The second kappa shape index (κ2) is 5.46. The molecule has 3 heteroatoms. The van der Waals surface area contributed by atoms with Crippen molar-refractivity contribution in [2.24, 2.45) is 22.7 Å². The molecule has 0 bridgehead atoms. The van der Waals surface area contributed by atoms with Crippen molar-refractivity contribution in [3.8, 4) is 0 Å². The summed E-state index contributed by atoms with van der Waals surface area (Å²) >= 11 is 0. The van der Waals surface area contributed by atoms with E-state index >= 15 is 0 Å². The summed E-state index contributed by atoms with van der Waals surface area (Å²) in [6.07, 6.45) is 8.71. The van der Waals surface area contributed by atoms with Gasteiger partial charge in [0.15, 0.2) is 0 Å². The number of allylic oxidation sites excluding steroid dienone is 2. The first-order valence-corrected chi connectivity index (χ1v) is 9.07. The highest BCUT2D eigenvalue weighted by molar-refractivity contribution is 5.79. The summed E-state index contributed by atoms with van der Waals surface area (Å²) in [6.45, 7) is 9.52. The van der Waals surface area contributed by atoms with E-state index in [-0.39, 0.29) is 17.4 Å². The molecule has 2 saturated carbocycles. The molecule has 3 rings (SSSR count). The van der Waals surface area contributed by atoms with Gasteiger partial charge in [0, 0.05) is 24.3 Å². The van der Waals surface area contributed by atoms with E-state index < -0.39 is 0 Å². The normalized spacial score (nSPS) is 43.8. The van der Waals surface area contributed by atoms with E-state index in [1.807, 2.05) is 0 Å². The van der Waals surface area contributed by atoms with Crippen LogP contribution < -0.4 is 0 Å². The zero-order valence-corrected chi connectivity index (χ0v) is 15.0. The van der Waals surface area contributed by atoms with Gasteiger partial charge in [0.25, 0.3) is 0 Å². The number of ether oxygens (including phenoxy) is 1.